The molecular formula is C35H54F3N5O7. The van der Waals surface area contributed by atoms with E-state index in [9.17, 15) is 41.9 Å². The van der Waals surface area contributed by atoms with E-state index in [0.717, 1.165) is 18.3 Å². The van der Waals surface area contributed by atoms with Crippen molar-refractivity contribution in [1.82, 2.24) is 15.5 Å². The number of ketones is 1. The van der Waals surface area contributed by atoms with Crippen molar-refractivity contribution in [2.75, 3.05) is 13.1 Å². The molecule has 0 radical (unpaired) electrons. The Morgan fingerprint density at radius 2 is 1.64 bits per heavy atom. The van der Waals surface area contributed by atoms with E-state index in [4.69, 9.17) is 16.2 Å². The Labute approximate surface area is 292 Å². The van der Waals surface area contributed by atoms with Gasteiger partial charge in [-0.1, -0.05) is 85.2 Å². The summed E-state index contributed by atoms with van der Waals surface area (Å²) in [6.45, 7) is 13.7. The van der Waals surface area contributed by atoms with E-state index in [2.05, 4.69) is 10.6 Å². The van der Waals surface area contributed by atoms with E-state index >= 15 is 0 Å². The van der Waals surface area contributed by atoms with Gasteiger partial charge in [-0.25, -0.2) is 4.79 Å². The molecule has 4 amide bonds. The van der Waals surface area contributed by atoms with E-state index in [1.165, 1.54) is 0 Å². The first kappa shape index (κ1) is 44.0. The molecule has 1 aliphatic carbocycles. The van der Waals surface area contributed by atoms with Gasteiger partial charge in [0.15, 0.2) is 0 Å². The van der Waals surface area contributed by atoms with Crippen molar-refractivity contribution in [3.63, 3.8) is 0 Å². The minimum atomic E-state index is -3.89. The third-order valence-corrected chi connectivity index (χ3v) is 8.70. The second kappa shape index (κ2) is 20.0. The zero-order valence-electron chi connectivity index (χ0n) is 30.0. The van der Waals surface area contributed by atoms with Gasteiger partial charge in [-0.3, -0.25) is 19.2 Å². The van der Waals surface area contributed by atoms with Crippen LogP contribution in [-0.2, 0) is 35.3 Å². The lowest BCUT2D eigenvalue weighted by atomic mass is 9.85. The van der Waals surface area contributed by atoms with Crippen LogP contribution in [-0.4, -0.2) is 78.2 Å². The Balaban J connectivity index is 0.000000534. The van der Waals surface area contributed by atoms with Crippen LogP contribution in [0.25, 0.3) is 0 Å². The molecule has 2 fully saturated rings. The SMILES string of the molecule is CC1CN(C(=O)C(NC(=O)NCC(=O)OCc2ccccc2)C(C)(C)C)C(C=O)[C@H]1C.CCC(C)CC(N)C(=O)C(N)=O.FC(F)(F)C1CC1. The number of esters is 1. The van der Waals surface area contributed by atoms with E-state index < -0.39 is 59.3 Å². The number of nitrogens with one attached hydrogen (secondary N) is 2. The molecule has 1 aromatic carbocycles. The number of benzene rings is 1. The Morgan fingerprint density at radius 1 is 1.06 bits per heavy atom. The summed E-state index contributed by atoms with van der Waals surface area (Å²) >= 11 is 0. The summed E-state index contributed by atoms with van der Waals surface area (Å²) in [5.41, 5.74) is 10.5. The molecule has 50 heavy (non-hydrogen) atoms. The van der Waals surface area contributed by atoms with Crippen LogP contribution in [0.2, 0.25) is 0 Å². The lowest BCUT2D eigenvalue weighted by Crippen LogP contribution is -2.58. The number of urea groups is 1. The summed E-state index contributed by atoms with van der Waals surface area (Å²) < 4.78 is 38.9. The fourth-order valence-electron chi connectivity index (χ4n) is 4.89. The summed E-state index contributed by atoms with van der Waals surface area (Å²) in [5, 5.41) is 5.12. The minimum absolute atomic E-state index is 0.0512. The van der Waals surface area contributed by atoms with Gasteiger partial charge in [0.05, 0.1) is 18.0 Å². The van der Waals surface area contributed by atoms with Crippen molar-refractivity contribution in [2.45, 2.75) is 105 Å². The number of ether oxygens (including phenoxy) is 1. The molecule has 282 valence electrons. The normalized spacial score (nSPS) is 20.4. The number of rotatable bonds is 12. The molecule has 3 rings (SSSR count). The first-order chi connectivity index (χ1) is 23.1. The van der Waals surface area contributed by atoms with Crippen molar-refractivity contribution < 1.29 is 46.7 Å². The number of nitrogens with two attached hydrogens (primary N) is 2. The topological polar surface area (TPSA) is 191 Å². The summed E-state index contributed by atoms with van der Waals surface area (Å²) in [5.74, 6) is -2.86. The number of aldehydes is 1. The van der Waals surface area contributed by atoms with Crippen molar-refractivity contribution >= 4 is 35.9 Å². The fraction of sp³-hybridized carbons (Fsp3) is 0.657. The maximum atomic E-state index is 13.2. The lowest BCUT2D eigenvalue weighted by molar-refractivity contribution is -0.147. The first-order valence-electron chi connectivity index (χ1n) is 16.8. The molecule has 1 heterocycles. The van der Waals surface area contributed by atoms with Gasteiger partial charge in [0.1, 0.15) is 25.5 Å². The largest absolute Gasteiger partial charge is 0.460 e. The molecule has 0 bridgehead atoms. The molecule has 1 saturated heterocycles. The maximum absolute atomic E-state index is 13.2. The number of hydrogen-bond acceptors (Lipinski definition) is 8. The van der Waals surface area contributed by atoms with Crippen molar-refractivity contribution in [2.24, 2.45) is 40.6 Å². The predicted molar refractivity (Wildman–Crippen MR) is 181 cm³/mol. The Morgan fingerprint density at radius 3 is 2.08 bits per heavy atom. The molecular weight excluding hydrogens is 659 g/mol. The molecule has 2 aliphatic rings. The number of likely N-dealkylation sites (tertiary alicyclic amines) is 1. The Hall–Kier alpha value is -4.01. The van der Waals surface area contributed by atoms with Crippen molar-refractivity contribution in [1.29, 1.82) is 0 Å². The van der Waals surface area contributed by atoms with Gasteiger partial charge in [-0.15, -0.1) is 0 Å². The van der Waals surface area contributed by atoms with Gasteiger partial charge in [-0.05, 0) is 48.0 Å². The number of carbonyl (C=O) groups is 6. The first-order valence-corrected chi connectivity index (χ1v) is 16.8. The molecule has 6 N–H and O–H groups in total. The smallest absolute Gasteiger partial charge is 0.391 e. The third kappa shape index (κ3) is 15.3. The highest BCUT2D eigenvalue weighted by Gasteiger charge is 2.47. The summed E-state index contributed by atoms with van der Waals surface area (Å²) in [6, 6.07) is 6.48. The molecule has 15 heteroatoms. The molecule has 0 spiro atoms. The van der Waals surface area contributed by atoms with Gasteiger partial charge >= 0.3 is 18.2 Å². The minimum Gasteiger partial charge on any atom is -0.460 e. The molecule has 6 atom stereocenters. The molecule has 1 saturated carbocycles. The number of amides is 4. The molecule has 1 aliphatic heterocycles. The summed E-state index contributed by atoms with van der Waals surface area (Å²) in [7, 11) is 0. The Kier molecular flexibility index (Phi) is 17.6. The zero-order chi connectivity index (χ0) is 38.4. The van der Waals surface area contributed by atoms with Crippen LogP contribution in [0.4, 0.5) is 18.0 Å². The number of hydrogen-bond donors (Lipinski definition) is 4. The predicted octanol–water partition coefficient (Wildman–Crippen LogP) is 3.89. The van der Waals surface area contributed by atoms with Crippen LogP contribution in [0.5, 0.6) is 0 Å². The third-order valence-electron chi connectivity index (χ3n) is 8.70. The quantitative estimate of drug-likeness (QED) is 0.143. The van der Waals surface area contributed by atoms with Crippen LogP contribution in [0, 0.1) is 29.1 Å². The molecule has 1 aromatic rings. The van der Waals surface area contributed by atoms with E-state index in [1.807, 2.05) is 78.8 Å². The van der Waals surface area contributed by atoms with Crippen LogP contribution in [0.3, 0.4) is 0 Å². The van der Waals surface area contributed by atoms with Crippen molar-refractivity contribution in [3.05, 3.63) is 35.9 Å². The Bertz CT molecular complexity index is 1290. The monoisotopic (exact) mass is 713 g/mol. The van der Waals surface area contributed by atoms with E-state index in [-0.39, 0.29) is 30.9 Å². The van der Waals surface area contributed by atoms with Gasteiger partial charge in [-0.2, -0.15) is 13.2 Å². The van der Waals surface area contributed by atoms with Crippen LogP contribution in [0.15, 0.2) is 30.3 Å². The molecule has 12 nitrogen and oxygen atoms in total. The highest BCUT2D eigenvalue weighted by Crippen LogP contribution is 2.43. The van der Waals surface area contributed by atoms with Gasteiger partial charge in [0.2, 0.25) is 11.7 Å². The lowest BCUT2D eigenvalue weighted by Gasteiger charge is -2.35. The number of carbonyl (C=O) groups excluding carboxylic acids is 6. The van der Waals surface area contributed by atoms with E-state index in [1.54, 1.807) is 4.90 Å². The average molecular weight is 714 g/mol. The van der Waals surface area contributed by atoms with Gasteiger partial charge in [0.25, 0.3) is 5.91 Å². The van der Waals surface area contributed by atoms with Crippen LogP contribution in [0.1, 0.15) is 79.7 Å². The number of halogens is 3. The number of alkyl halides is 3. The number of primary amides is 1. The van der Waals surface area contributed by atoms with E-state index in [0.29, 0.717) is 31.7 Å². The van der Waals surface area contributed by atoms with Gasteiger partial charge in [0, 0.05) is 6.54 Å². The second-order valence-electron chi connectivity index (χ2n) is 14.1. The highest BCUT2D eigenvalue weighted by molar-refractivity contribution is 6.37. The highest BCUT2D eigenvalue weighted by atomic mass is 19.4. The molecule has 5 unspecified atom stereocenters. The zero-order valence-corrected chi connectivity index (χ0v) is 30.0. The summed E-state index contributed by atoms with van der Waals surface area (Å²) in [6.07, 6.45) is -0.917. The van der Waals surface area contributed by atoms with Gasteiger partial charge < -0.3 is 36.5 Å². The average Bonchev–Trinajstić information content (AvgIpc) is 3.87. The number of Topliss-reactive ketones (excluding diaryl/α,β-unsaturated/α-hetero) is 1. The second-order valence-corrected chi connectivity index (χ2v) is 14.1. The summed E-state index contributed by atoms with van der Waals surface area (Å²) in [4.78, 5) is 72.0. The standard InChI is InChI=1S/C23H33N3O5.C8H16N2O2.C4H5F3/c1-15-12-26(18(13-27)16(15)2)21(29)20(23(3,4)5)25-22(30)24-11-19(28)31-14-17-9-7-6-8-10-17;1-3-5(2)4-6(9)7(11)8(10)12;5-4(6,7)3-1-2-3/h6-10,13,15-16,18,20H,11-12,14H2,1-5H3,(H2,24,25,30);5-6H,3-4,9H2,1-2H3,(H2,10,12);3H,1-2H2/t15?,16-,18?,20?;;/m0../s1. The fourth-order valence-corrected chi connectivity index (χ4v) is 4.89. The van der Waals surface area contributed by atoms with Crippen molar-refractivity contribution in [3.8, 4) is 0 Å². The maximum Gasteiger partial charge on any atom is 0.391 e. The number of nitrogens with zero attached hydrogens (tertiary/aromatic N) is 1. The van der Waals surface area contributed by atoms with Crippen LogP contribution >= 0.6 is 0 Å². The molecule has 0 aromatic heterocycles. The van der Waals surface area contributed by atoms with Crippen LogP contribution < -0.4 is 22.1 Å².